The predicted molar refractivity (Wildman–Crippen MR) is 104 cm³/mol. The molecular formula is C21H37N3O2. The van der Waals surface area contributed by atoms with Gasteiger partial charge in [0.15, 0.2) is 0 Å². The van der Waals surface area contributed by atoms with Gasteiger partial charge in [-0.05, 0) is 51.5 Å². The zero-order valence-corrected chi connectivity index (χ0v) is 16.6. The van der Waals surface area contributed by atoms with E-state index in [-0.39, 0.29) is 5.92 Å². The molecule has 3 rings (SSSR count). The van der Waals surface area contributed by atoms with E-state index in [1.807, 2.05) is 0 Å². The highest BCUT2D eigenvalue weighted by atomic mass is 16.2. The molecule has 0 aromatic heterocycles. The molecule has 5 nitrogen and oxygen atoms in total. The molecule has 3 saturated heterocycles. The van der Waals surface area contributed by atoms with Crippen LogP contribution < -0.4 is 0 Å². The summed E-state index contributed by atoms with van der Waals surface area (Å²) in [7, 11) is 0. The lowest BCUT2D eigenvalue weighted by Gasteiger charge is -2.42. The standard InChI is InChI=1S/C21H37N3O2/c1-2-3-4-9-20(25)22-15-10-19(11-16-22)24-14-7-8-18(17-24)21(26)23-12-5-6-13-23/h18-19H,2-17H2,1H3/t18-/m0/s1. The Bertz CT molecular complexity index is 468. The summed E-state index contributed by atoms with van der Waals surface area (Å²) in [4.78, 5) is 31.8. The van der Waals surface area contributed by atoms with Gasteiger partial charge in [-0.3, -0.25) is 14.5 Å². The van der Waals surface area contributed by atoms with Gasteiger partial charge in [0.1, 0.15) is 0 Å². The molecule has 26 heavy (non-hydrogen) atoms. The topological polar surface area (TPSA) is 43.9 Å². The summed E-state index contributed by atoms with van der Waals surface area (Å²) in [5.74, 6) is 0.948. The molecule has 5 heteroatoms. The molecule has 3 aliphatic rings. The minimum Gasteiger partial charge on any atom is -0.343 e. The third kappa shape index (κ3) is 4.99. The van der Waals surface area contributed by atoms with Gasteiger partial charge in [-0.2, -0.15) is 0 Å². The molecule has 0 aromatic carbocycles. The summed E-state index contributed by atoms with van der Waals surface area (Å²) in [6, 6.07) is 0.559. The highest BCUT2D eigenvalue weighted by Crippen LogP contribution is 2.26. The zero-order chi connectivity index (χ0) is 18.4. The Balaban J connectivity index is 1.43. The van der Waals surface area contributed by atoms with Crippen molar-refractivity contribution in [2.75, 3.05) is 39.3 Å². The number of rotatable bonds is 6. The minimum atomic E-state index is 0.204. The number of hydrogen-bond donors (Lipinski definition) is 0. The Labute approximate surface area is 159 Å². The van der Waals surface area contributed by atoms with E-state index in [9.17, 15) is 9.59 Å². The summed E-state index contributed by atoms with van der Waals surface area (Å²) in [5, 5.41) is 0. The normalized spacial score (nSPS) is 25.7. The van der Waals surface area contributed by atoms with Crippen molar-refractivity contribution in [2.45, 2.75) is 77.2 Å². The van der Waals surface area contributed by atoms with E-state index in [1.165, 1.54) is 19.3 Å². The number of amides is 2. The van der Waals surface area contributed by atoms with E-state index in [2.05, 4.69) is 21.6 Å². The van der Waals surface area contributed by atoms with Gasteiger partial charge in [0.05, 0.1) is 5.92 Å². The molecular weight excluding hydrogens is 326 g/mol. The Hall–Kier alpha value is -1.10. The van der Waals surface area contributed by atoms with E-state index in [4.69, 9.17) is 0 Å². The summed E-state index contributed by atoms with van der Waals surface area (Å²) >= 11 is 0. The lowest BCUT2D eigenvalue weighted by molar-refractivity contribution is -0.136. The van der Waals surface area contributed by atoms with Gasteiger partial charge in [-0.1, -0.05) is 19.8 Å². The van der Waals surface area contributed by atoms with Crippen LogP contribution in [0, 0.1) is 5.92 Å². The summed E-state index contributed by atoms with van der Waals surface area (Å²) < 4.78 is 0. The number of likely N-dealkylation sites (tertiary alicyclic amines) is 3. The molecule has 0 spiro atoms. The Kier molecular flexibility index (Phi) is 7.35. The van der Waals surface area contributed by atoms with Crippen molar-refractivity contribution in [2.24, 2.45) is 5.92 Å². The van der Waals surface area contributed by atoms with Crippen molar-refractivity contribution >= 4 is 11.8 Å². The average molecular weight is 364 g/mol. The molecule has 3 aliphatic heterocycles. The third-order valence-electron chi connectivity index (χ3n) is 6.55. The van der Waals surface area contributed by atoms with Gasteiger partial charge < -0.3 is 9.80 Å². The highest BCUT2D eigenvalue weighted by molar-refractivity contribution is 5.79. The van der Waals surface area contributed by atoms with Crippen LogP contribution in [0.5, 0.6) is 0 Å². The van der Waals surface area contributed by atoms with Crippen LogP contribution in [0.15, 0.2) is 0 Å². The quantitative estimate of drug-likeness (QED) is 0.682. The van der Waals surface area contributed by atoms with E-state index < -0.39 is 0 Å². The van der Waals surface area contributed by atoms with Crippen LogP contribution in [0.2, 0.25) is 0 Å². The van der Waals surface area contributed by atoms with Crippen LogP contribution in [0.1, 0.15) is 71.1 Å². The molecule has 0 saturated carbocycles. The van der Waals surface area contributed by atoms with Gasteiger partial charge in [-0.25, -0.2) is 0 Å². The molecule has 0 radical (unpaired) electrons. The molecule has 3 heterocycles. The smallest absolute Gasteiger partial charge is 0.226 e. The zero-order valence-electron chi connectivity index (χ0n) is 16.6. The molecule has 148 valence electrons. The first kappa shape index (κ1) is 19.7. The van der Waals surface area contributed by atoms with Crippen molar-refractivity contribution in [1.82, 2.24) is 14.7 Å². The van der Waals surface area contributed by atoms with Crippen LogP contribution >= 0.6 is 0 Å². The van der Waals surface area contributed by atoms with Gasteiger partial charge in [0.2, 0.25) is 11.8 Å². The number of nitrogens with zero attached hydrogens (tertiary/aromatic N) is 3. The number of carbonyl (C=O) groups is 2. The first-order valence-electron chi connectivity index (χ1n) is 11.0. The second-order valence-electron chi connectivity index (χ2n) is 8.44. The molecule has 2 amide bonds. The van der Waals surface area contributed by atoms with Gasteiger partial charge in [0, 0.05) is 45.2 Å². The van der Waals surface area contributed by atoms with Crippen LogP contribution in [0.25, 0.3) is 0 Å². The number of hydrogen-bond acceptors (Lipinski definition) is 3. The summed E-state index contributed by atoms with van der Waals surface area (Å²) in [5.41, 5.74) is 0. The Morgan fingerprint density at radius 3 is 2.27 bits per heavy atom. The molecule has 1 atom stereocenters. The molecule has 0 unspecified atom stereocenters. The van der Waals surface area contributed by atoms with Crippen LogP contribution in [-0.2, 0) is 9.59 Å². The molecule has 0 N–H and O–H groups in total. The molecule has 0 aliphatic carbocycles. The lowest BCUT2D eigenvalue weighted by atomic mass is 9.93. The third-order valence-corrected chi connectivity index (χ3v) is 6.55. The maximum Gasteiger partial charge on any atom is 0.226 e. The van der Waals surface area contributed by atoms with Crippen molar-refractivity contribution in [3.8, 4) is 0 Å². The predicted octanol–water partition coefficient (Wildman–Crippen LogP) is 2.89. The number of piperidine rings is 2. The van der Waals surface area contributed by atoms with Crippen molar-refractivity contribution in [3.05, 3.63) is 0 Å². The lowest BCUT2D eigenvalue weighted by Crippen LogP contribution is -2.51. The first-order chi connectivity index (χ1) is 12.7. The van der Waals surface area contributed by atoms with Crippen LogP contribution in [-0.4, -0.2) is 71.8 Å². The Morgan fingerprint density at radius 2 is 1.58 bits per heavy atom. The van der Waals surface area contributed by atoms with Crippen molar-refractivity contribution < 1.29 is 9.59 Å². The SMILES string of the molecule is CCCCCC(=O)N1CCC(N2CCC[C@H](C(=O)N3CCCC3)C2)CC1. The minimum absolute atomic E-state index is 0.204. The second kappa shape index (κ2) is 9.72. The van der Waals surface area contributed by atoms with E-state index in [0.29, 0.717) is 24.3 Å². The maximum atomic E-state index is 12.7. The largest absolute Gasteiger partial charge is 0.343 e. The summed E-state index contributed by atoms with van der Waals surface area (Å²) in [6.07, 6.45) is 10.8. The van der Waals surface area contributed by atoms with Crippen LogP contribution in [0.4, 0.5) is 0 Å². The second-order valence-corrected chi connectivity index (χ2v) is 8.44. The van der Waals surface area contributed by atoms with Gasteiger partial charge in [0.25, 0.3) is 0 Å². The monoisotopic (exact) mass is 363 g/mol. The molecule has 3 fully saturated rings. The number of unbranched alkanes of at least 4 members (excludes halogenated alkanes) is 2. The number of carbonyl (C=O) groups excluding carboxylic acids is 2. The molecule has 0 aromatic rings. The fourth-order valence-electron chi connectivity index (χ4n) is 4.90. The first-order valence-corrected chi connectivity index (χ1v) is 11.0. The fourth-order valence-corrected chi connectivity index (χ4v) is 4.90. The maximum absolute atomic E-state index is 12.7. The van der Waals surface area contributed by atoms with E-state index in [1.54, 1.807) is 0 Å². The summed E-state index contributed by atoms with van der Waals surface area (Å²) in [6.45, 7) is 7.97. The van der Waals surface area contributed by atoms with Gasteiger partial charge >= 0.3 is 0 Å². The van der Waals surface area contributed by atoms with Crippen molar-refractivity contribution in [1.29, 1.82) is 0 Å². The highest BCUT2D eigenvalue weighted by Gasteiger charge is 2.34. The van der Waals surface area contributed by atoms with Crippen LogP contribution in [0.3, 0.4) is 0 Å². The van der Waals surface area contributed by atoms with Crippen molar-refractivity contribution in [3.63, 3.8) is 0 Å². The van der Waals surface area contributed by atoms with E-state index >= 15 is 0 Å². The fraction of sp³-hybridized carbons (Fsp3) is 0.905. The van der Waals surface area contributed by atoms with E-state index in [0.717, 1.165) is 77.8 Å². The Morgan fingerprint density at radius 1 is 0.846 bits per heavy atom. The molecule has 0 bridgehead atoms. The van der Waals surface area contributed by atoms with Gasteiger partial charge in [-0.15, -0.1) is 0 Å². The average Bonchev–Trinajstić information content (AvgIpc) is 3.22.